The number of hydrogen-bond acceptors (Lipinski definition) is 9. The highest BCUT2D eigenvalue weighted by atomic mass is 16.7. The summed E-state index contributed by atoms with van der Waals surface area (Å²) in [6.07, 6.45) is -8.93. The van der Waals surface area contributed by atoms with Crippen molar-refractivity contribution in [3.8, 4) is 17.2 Å². The zero-order valence-corrected chi connectivity index (χ0v) is 14.2. The summed E-state index contributed by atoms with van der Waals surface area (Å²) < 4.78 is 15.5. The fourth-order valence-corrected chi connectivity index (χ4v) is 2.62. The van der Waals surface area contributed by atoms with Crippen molar-refractivity contribution in [3.05, 3.63) is 17.2 Å². The van der Waals surface area contributed by atoms with Gasteiger partial charge in [-0.3, -0.25) is 4.79 Å². The summed E-state index contributed by atoms with van der Waals surface area (Å²) in [7, 11) is 1.27. The fourth-order valence-electron chi connectivity index (χ4n) is 2.62. The number of phenols is 1. The Hall–Kier alpha value is -2.40. The number of carboxylic acids is 1. The van der Waals surface area contributed by atoms with E-state index < -0.39 is 48.2 Å². The summed E-state index contributed by atoms with van der Waals surface area (Å²) in [5.41, 5.74) is 0.0422. The zero-order chi connectivity index (χ0) is 19.8. The van der Waals surface area contributed by atoms with E-state index in [1.165, 1.54) is 27.0 Å². The van der Waals surface area contributed by atoms with Gasteiger partial charge in [-0.1, -0.05) is 0 Å². The van der Waals surface area contributed by atoms with Crippen LogP contribution >= 0.6 is 0 Å². The van der Waals surface area contributed by atoms with Crippen LogP contribution in [-0.2, 0) is 9.53 Å². The van der Waals surface area contributed by atoms with Crippen LogP contribution in [0.15, 0.2) is 6.07 Å². The summed E-state index contributed by atoms with van der Waals surface area (Å²) in [6.45, 7) is 2.66. The Morgan fingerprint density at radius 1 is 1.12 bits per heavy atom. The maximum Gasteiger partial charge on any atom is 0.335 e. The zero-order valence-electron chi connectivity index (χ0n) is 14.2. The normalized spacial score (nSPS) is 28.5. The van der Waals surface area contributed by atoms with Crippen molar-refractivity contribution in [2.75, 3.05) is 7.11 Å². The first-order valence-electron chi connectivity index (χ1n) is 7.60. The maximum atomic E-state index is 11.7. The van der Waals surface area contributed by atoms with Crippen LogP contribution in [0.3, 0.4) is 0 Å². The van der Waals surface area contributed by atoms with E-state index in [1.54, 1.807) is 0 Å². The first kappa shape index (κ1) is 19.9. The molecule has 0 radical (unpaired) electrons. The van der Waals surface area contributed by atoms with E-state index in [9.17, 15) is 30.0 Å². The van der Waals surface area contributed by atoms with Gasteiger partial charge in [0.05, 0.1) is 7.11 Å². The molecule has 5 N–H and O–H groups in total. The lowest BCUT2D eigenvalue weighted by molar-refractivity contribution is -0.271. The van der Waals surface area contributed by atoms with Crippen LogP contribution in [0.4, 0.5) is 0 Å². The molecule has 1 aromatic carbocycles. The molecular formula is C16H20O10. The number of rotatable bonds is 5. The molecule has 26 heavy (non-hydrogen) atoms. The molecule has 0 aliphatic carbocycles. The predicted octanol–water partition coefficient (Wildman–Crippen LogP) is -0.817. The van der Waals surface area contributed by atoms with Gasteiger partial charge in [0.2, 0.25) is 6.29 Å². The van der Waals surface area contributed by atoms with Crippen molar-refractivity contribution in [2.45, 2.75) is 44.6 Å². The Morgan fingerprint density at radius 2 is 1.73 bits per heavy atom. The molecule has 10 heteroatoms. The number of ketones is 1. The highest BCUT2D eigenvalue weighted by molar-refractivity contribution is 6.00. The molecule has 1 heterocycles. The van der Waals surface area contributed by atoms with Gasteiger partial charge in [-0.2, -0.15) is 0 Å². The second-order valence-corrected chi connectivity index (χ2v) is 5.83. The minimum absolute atomic E-state index is 0.00346. The first-order chi connectivity index (χ1) is 12.1. The fraction of sp³-hybridized carbons (Fsp3) is 0.500. The number of methoxy groups -OCH3 is 1. The quantitative estimate of drug-likeness (QED) is 0.413. The summed E-state index contributed by atoms with van der Waals surface area (Å²) in [6, 6.07) is 1.26. The molecule has 1 aromatic rings. The van der Waals surface area contributed by atoms with Gasteiger partial charge in [0.25, 0.3) is 0 Å². The van der Waals surface area contributed by atoms with E-state index >= 15 is 0 Å². The number of carboxylic acid groups (broad SMARTS) is 1. The van der Waals surface area contributed by atoms with Crippen LogP contribution in [0.25, 0.3) is 0 Å². The Bertz CT molecular complexity index is 715. The van der Waals surface area contributed by atoms with Gasteiger partial charge in [0.1, 0.15) is 41.1 Å². The number of phenolic OH excluding ortho intramolecular Hbond substituents is 1. The average Bonchev–Trinajstić information content (AvgIpc) is 2.58. The lowest BCUT2D eigenvalue weighted by Crippen LogP contribution is -2.61. The molecule has 1 saturated heterocycles. The molecule has 1 fully saturated rings. The second kappa shape index (κ2) is 7.46. The van der Waals surface area contributed by atoms with E-state index in [2.05, 4.69) is 0 Å². The van der Waals surface area contributed by atoms with E-state index in [4.69, 9.17) is 19.3 Å². The third kappa shape index (κ3) is 3.44. The molecule has 1 aliphatic heterocycles. The molecule has 0 bridgehead atoms. The highest BCUT2D eigenvalue weighted by Crippen LogP contribution is 2.39. The van der Waals surface area contributed by atoms with E-state index in [0.29, 0.717) is 0 Å². The third-order valence-corrected chi connectivity index (χ3v) is 4.10. The van der Waals surface area contributed by atoms with Crippen molar-refractivity contribution in [1.29, 1.82) is 0 Å². The van der Waals surface area contributed by atoms with Gasteiger partial charge in [-0.25, -0.2) is 4.79 Å². The van der Waals surface area contributed by atoms with E-state index in [-0.39, 0.29) is 22.6 Å². The van der Waals surface area contributed by atoms with Crippen LogP contribution in [0.2, 0.25) is 0 Å². The van der Waals surface area contributed by atoms with Crippen molar-refractivity contribution >= 4 is 11.8 Å². The second-order valence-electron chi connectivity index (χ2n) is 5.83. The van der Waals surface area contributed by atoms with Crippen LogP contribution in [0.1, 0.15) is 22.8 Å². The number of carbonyl (C=O) groups is 2. The number of hydrogen-bond donors (Lipinski definition) is 5. The molecular weight excluding hydrogens is 352 g/mol. The molecule has 0 aromatic heterocycles. The van der Waals surface area contributed by atoms with Gasteiger partial charge in [-0.15, -0.1) is 0 Å². The minimum atomic E-state index is -1.86. The SMILES string of the molecule is COc1cc(O[C@@H]2O[C@H](C(=O)O)[C@@H](O)[C@H](O)[C@H]2O)c(C)c(O)c1C(C)=O. The van der Waals surface area contributed by atoms with Crippen LogP contribution < -0.4 is 9.47 Å². The summed E-state index contributed by atoms with van der Waals surface area (Å²) >= 11 is 0. The lowest BCUT2D eigenvalue weighted by atomic mass is 9.99. The number of aliphatic carboxylic acids is 1. The summed E-state index contributed by atoms with van der Waals surface area (Å²) in [5, 5.41) is 48.7. The number of aliphatic hydroxyl groups is 3. The minimum Gasteiger partial charge on any atom is -0.507 e. The van der Waals surface area contributed by atoms with E-state index in [0.717, 1.165) is 0 Å². The highest BCUT2D eigenvalue weighted by Gasteiger charge is 2.48. The molecule has 5 atom stereocenters. The number of benzene rings is 1. The van der Waals surface area contributed by atoms with Crippen molar-refractivity contribution in [1.82, 2.24) is 0 Å². The Kier molecular flexibility index (Phi) is 5.71. The number of ether oxygens (including phenoxy) is 3. The van der Waals surface area contributed by atoms with Crippen LogP contribution in [0.5, 0.6) is 17.2 Å². The largest absolute Gasteiger partial charge is 0.507 e. The molecule has 0 unspecified atom stereocenters. The molecule has 1 aliphatic rings. The van der Waals surface area contributed by atoms with Crippen LogP contribution in [0, 0.1) is 6.92 Å². The smallest absolute Gasteiger partial charge is 0.335 e. The molecule has 10 nitrogen and oxygen atoms in total. The Labute approximate surface area is 148 Å². The number of aromatic hydroxyl groups is 1. The predicted molar refractivity (Wildman–Crippen MR) is 84.3 cm³/mol. The third-order valence-electron chi connectivity index (χ3n) is 4.10. The number of aliphatic hydroxyl groups excluding tert-OH is 3. The van der Waals surface area contributed by atoms with E-state index in [1.807, 2.05) is 0 Å². The summed E-state index contributed by atoms with van der Waals surface area (Å²) in [4.78, 5) is 22.8. The molecule has 0 spiro atoms. The number of Topliss-reactive ketones (excluding diaryl/α,β-unsaturated/α-hetero) is 1. The van der Waals surface area contributed by atoms with Gasteiger partial charge < -0.3 is 39.7 Å². The summed E-state index contributed by atoms with van der Waals surface area (Å²) in [5.74, 6) is -2.49. The van der Waals surface area contributed by atoms with Crippen molar-refractivity contribution in [2.24, 2.45) is 0 Å². The molecule has 0 saturated carbocycles. The Balaban J connectivity index is 2.39. The van der Waals surface area contributed by atoms with Crippen LogP contribution in [-0.4, -0.2) is 75.1 Å². The van der Waals surface area contributed by atoms with Crippen molar-refractivity contribution < 1.29 is 49.3 Å². The molecule has 0 amide bonds. The maximum absolute atomic E-state index is 11.7. The van der Waals surface area contributed by atoms with Gasteiger partial charge >= 0.3 is 5.97 Å². The topological polar surface area (TPSA) is 163 Å². The Morgan fingerprint density at radius 3 is 2.23 bits per heavy atom. The average molecular weight is 372 g/mol. The lowest BCUT2D eigenvalue weighted by Gasteiger charge is -2.38. The molecule has 2 rings (SSSR count). The van der Waals surface area contributed by atoms with Crippen molar-refractivity contribution in [3.63, 3.8) is 0 Å². The van der Waals surface area contributed by atoms with Gasteiger partial charge in [0.15, 0.2) is 11.9 Å². The number of carbonyl (C=O) groups excluding carboxylic acids is 1. The monoisotopic (exact) mass is 372 g/mol. The van der Waals surface area contributed by atoms with Gasteiger partial charge in [0, 0.05) is 11.6 Å². The van der Waals surface area contributed by atoms with Gasteiger partial charge in [-0.05, 0) is 13.8 Å². The first-order valence-corrected chi connectivity index (χ1v) is 7.60. The molecule has 144 valence electrons. The standard InChI is InChI=1S/C16H20O10/c1-5-7(4-8(24-3)9(6(2)17)10(5)18)25-16-13(21)11(19)12(20)14(26-16)15(22)23/h4,11-14,16,18-21H,1-3H3,(H,22,23)/t11-,12-,13+,14-,16+/m0/s1.